The molecule has 2 N–H and O–H groups in total. The molecule has 0 aliphatic carbocycles. The number of carbonyl (C=O) groups excluding carboxylic acids is 1. The van der Waals surface area contributed by atoms with Gasteiger partial charge in [0.15, 0.2) is 0 Å². The largest absolute Gasteiger partial charge is 0.386 e. The summed E-state index contributed by atoms with van der Waals surface area (Å²) >= 11 is 0. The molecule has 0 spiro atoms. The zero-order valence-electron chi connectivity index (χ0n) is 11.4. The van der Waals surface area contributed by atoms with Crippen LogP contribution in [0.1, 0.15) is 16.8 Å². The lowest BCUT2D eigenvalue weighted by Crippen LogP contribution is -2.43. The van der Waals surface area contributed by atoms with Gasteiger partial charge in [0.1, 0.15) is 5.60 Å². The van der Waals surface area contributed by atoms with Crippen molar-refractivity contribution in [2.75, 3.05) is 19.8 Å². The van der Waals surface area contributed by atoms with E-state index < -0.39 is 5.60 Å². The highest BCUT2D eigenvalue weighted by Gasteiger charge is 2.32. The van der Waals surface area contributed by atoms with E-state index in [1.807, 2.05) is 42.1 Å². The number of para-hydroxylation sites is 1. The number of hydrogen-bond donors (Lipinski definition) is 2. The maximum absolute atomic E-state index is 12.3. The number of fused-ring (bicyclic) bond motifs is 1. The number of aliphatic hydroxyl groups is 1. The maximum Gasteiger partial charge on any atom is 0.253 e. The Balaban J connectivity index is 1.79. The molecule has 5 nitrogen and oxygen atoms in total. The van der Waals surface area contributed by atoms with Gasteiger partial charge in [-0.25, -0.2) is 0 Å². The molecule has 1 aromatic carbocycles. The van der Waals surface area contributed by atoms with E-state index in [0.29, 0.717) is 18.6 Å². The fraction of sp³-hybridized carbons (Fsp3) is 0.400. The van der Waals surface area contributed by atoms with Crippen LogP contribution in [0.4, 0.5) is 0 Å². The van der Waals surface area contributed by atoms with Crippen LogP contribution in [0.3, 0.4) is 0 Å². The molecule has 0 saturated carbocycles. The molecule has 5 heteroatoms. The Morgan fingerprint density at radius 3 is 3.05 bits per heavy atom. The van der Waals surface area contributed by atoms with Crippen molar-refractivity contribution in [3.05, 3.63) is 36.0 Å². The van der Waals surface area contributed by atoms with Crippen molar-refractivity contribution in [1.82, 2.24) is 9.88 Å². The Morgan fingerprint density at radius 1 is 1.50 bits per heavy atom. The molecule has 1 fully saturated rings. The summed E-state index contributed by atoms with van der Waals surface area (Å²) in [6.07, 6.45) is 2.37. The van der Waals surface area contributed by atoms with E-state index in [2.05, 4.69) is 5.32 Å². The SMILES string of the molecule is Cn1cc(C(=O)NCC2(O)CCOC2)c2ccccc21. The number of nitrogens with one attached hydrogen (secondary N) is 1. The quantitative estimate of drug-likeness (QED) is 0.879. The van der Waals surface area contributed by atoms with E-state index in [4.69, 9.17) is 4.74 Å². The molecular formula is C15H18N2O3. The molecule has 106 valence electrons. The molecule has 1 aromatic heterocycles. The Morgan fingerprint density at radius 2 is 2.30 bits per heavy atom. The third kappa shape index (κ3) is 2.30. The topological polar surface area (TPSA) is 63.5 Å². The van der Waals surface area contributed by atoms with Crippen LogP contribution < -0.4 is 5.32 Å². The van der Waals surface area contributed by atoms with Gasteiger partial charge in [0.2, 0.25) is 0 Å². The lowest BCUT2D eigenvalue weighted by atomic mass is 10.0. The van der Waals surface area contributed by atoms with Crippen LogP contribution in [0.5, 0.6) is 0 Å². The van der Waals surface area contributed by atoms with E-state index in [9.17, 15) is 9.90 Å². The number of hydrogen-bond acceptors (Lipinski definition) is 3. The number of carbonyl (C=O) groups is 1. The first kappa shape index (κ1) is 13.1. The van der Waals surface area contributed by atoms with E-state index in [1.54, 1.807) is 0 Å². The van der Waals surface area contributed by atoms with Crippen molar-refractivity contribution in [1.29, 1.82) is 0 Å². The molecule has 1 atom stereocenters. The fourth-order valence-corrected chi connectivity index (χ4v) is 2.60. The van der Waals surface area contributed by atoms with Gasteiger partial charge in [0.05, 0.1) is 12.2 Å². The summed E-state index contributed by atoms with van der Waals surface area (Å²) in [6, 6.07) is 7.77. The molecule has 3 rings (SSSR count). The lowest BCUT2D eigenvalue weighted by Gasteiger charge is -2.20. The molecule has 2 aromatic rings. The van der Waals surface area contributed by atoms with Gasteiger partial charge in [-0.15, -0.1) is 0 Å². The van der Waals surface area contributed by atoms with Gasteiger partial charge >= 0.3 is 0 Å². The van der Waals surface area contributed by atoms with E-state index in [1.165, 1.54) is 0 Å². The van der Waals surface area contributed by atoms with Crippen molar-refractivity contribution < 1.29 is 14.6 Å². The number of aromatic nitrogens is 1. The molecular weight excluding hydrogens is 256 g/mol. The Kier molecular flexibility index (Phi) is 3.23. The number of benzene rings is 1. The second-order valence-electron chi connectivity index (χ2n) is 5.38. The number of amides is 1. The van der Waals surface area contributed by atoms with Gasteiger partial charge in [0, 0.05) is 43.7 Å². The second-order valence-corrected chi connectivity index (χ2v) is 5.38. The zero-order chi connectivity index (χ0) is 14.2. The van der Waals surface area contributed by atoms with Gasteiger partial charge in [-0.1, -0.05) is 18.2 Å². The normalized spacial score (nSPS) is 22.3. The molecule has 1 unspecified atom stereocenters. The summed E-state index contributed by atoms with van der Waals surface area (Å²) in [5.41, 5.74) is 0.714. The Hall–Kier alpha value is -1.85. The molecule has 1 amide bonds. The summed E-state index contributed by atoms with van der Waals surface area (Å²) in [5, 5.41) is 13.9. The first-order valence-electron chi connectivity index (χ1n) is 6.71. The fourth-order valence-electron chi connectivity index (χ4n) is 2.60. The molecule has 20 heavy (non-hydrogen) atoms. The smallest absolute Gasteiger partial charge is 0.253 e. The first-order chi connectivity index (χ1) is 9.59. The minimum absolute atomic E-state index is 0.165. The minimum atomic E-state index is -0.930. The monoisotopic (exact) mass is 274 g/mol. The summed E-state index contributed by atoms with van der Waals surface area (Å²) < 4.78 is 7.10. The number of nitrogens with zero attached hydrogens (tertiary/aromatic N) is 1. The first-order valence-corrected chi connectivity index (χ1v) is 6.71. The van der Waals surface area contributed by atoms with Crippen LogP contribution >= 0.6 is 0 Å². The summed E-state index contributed by atoms with van der Waals surface area (Å²) in [7, 11) is 1.91. The highest BCUT2D eigenvalue weighted by molar-refractivity contribution is 6.06. The molecule has 1 aliphatic heterocycles. The van der Waals surface area contributed by atoms with Crippen LogP contribution in [-0.4, -0.2) is 40.9 Å². The third-order valence-corrected chi connectivity index (χ3v) is 3.80. The van der Waals surface area contributed by atoms with Crippen molar-refractivity contribution >= 4 is 16.8 Å². The summed E-state index contributed by atoms with van der Waals surface area (Å²) in [6.45, 7) is 1.04. The molecule has 0 radical (unpaired) electrons. The molecule has 1 saturated heterocycles. The Bertz CT molecular complexity index is 642. The van der Waals surface area contributed by atoms with Crippen molar-refractivity contribution in [3.63, 3.8) is 0 Å². The predicted octanol–water partition coefficient (Wildman–Crippen LogP) is 1.06. The maximum atomic E-state index is 12.3. The number of aryl methyl sites for hydroxylation is 1. The van der Waals surface area contributed by atoms with Crippen LogP contribution in [0.25, 0.3) is 10.9 Å². The average molecular weight is 274 g/mol. The van der Waals surface area contributed by atoms with Gasteiger partial charge in [-0.3, -0.25) is 4.79 Å². The average Bonchev–Trinajstić information content (AvgIpc) is 3.02. The summed E-state index contributed by atoms with van der Waals surface area (Å²) in [5.74, 6) is -0.165. The zero-order valence-corrected chi connectivity index (χ0v) is 11.4. The second kappa shape index (κ2) is 4.92. The van der Waals surface area contributed by atoms with Crippen molar-refractivity contribution in [2.24, 2.45) is 7.05 Å². The van der Waals surface area contributed by atoms with Crippen molar-refractivity contribution in [2.45, 2.75) is 12.0 Å². The standard InChI is InChI=1S/C15H18N2O3/c1-17-8-12(11-4-2-3-5-13(11)17)14(18)16-9-15(19)6-7-20-10-15/h2-5,8,19H,6-7,9-10H2,1H3,(H,16,18). The van der Waals surface area contributed by atoms with Gasteiger partial charge in [0.25, 0.3) is 5.91 Å². The van der Waals surface area contributed by atoms with Gasteiger partial charge in [-0.05, 0) is 6.07 Å². The van der Waals surface area contributed by atoms with E-state index >= 15 is 0 Å². The third-order valence-electron chi connectivity index (χ3n) is 3.80. The number of rotatable bonds is 3. The molecule has 2 heterocycles. The molecule has 1 aliphatic rings. The minimum Gasteiger partial charge on any atom is -0.386 e. The van der Waals surface area contributed by atoms with Crippen LogP contribution in [0.15, 0.2) is 30.5 Å². The van der Waals surface area contributed by atoms with Crippen molar-refractivity contribution in [3.8, 4) is 0 Å². The van der Waals surface area contributed by atoms with Crippen LogP contribution in [0.2, 0.25) is 0 Å². The van der Waals surface area contributed by atoms with E-state index in [-0.39, 0.29) is 19.1 Å². The summed E-state index contributed by atoms with van der Waals surface area (Å²) in [4.78, 5) is 12.3. The van der Waals surface area contributed by atoms with Crippen LogP contribution in [-0.2, 0) is 11.8 Å². The Labute approximate surface area is 117 Å². The van der Waals surface area contributed by atoms with E-state index in [0.717, 1.165) is 10.9 Å². The highest BCUT2D eigenvalue weighted by atomic mass is 16.5. The number of ether oxygens (including phenoxy) is 1. The van der Waals surface area contributed by atoms with Gasteiger partial charge < -0.3 is 19.7 Å². The van der Waals surface area contributed by atoms with Crippen LogP contribution in [0, 0.1) is 0 Å². The lowest BCUT2D eigenvalue weighted by molar-refractivity contribution is 0.0265. The highest BCUT2D eigenvalue weighted by Crippen LogP contribution is 2.21. The van der Waals surface area contributed by atoms with Gasteiger partial charge in [-0.2, -0.15) is 0 Å². The predicted molar refractivity (Wildman–Crippen MR) is 75.6 cm³/mol. The molecule has 0 bridgehead atoms.